The summed E-state index contributed by atoms with van der Waals surface area (Å²) in [7, 11) is 2.20. The van der Waals surface area contributed by atoms with Gasteiger partial charge in [0, 0.05) is 43.1 Å². The molecule has 1 atom stereocenters. The van der Waals surface area contributed by atoms with E-state index in [1.54, 1.807) is 0 Å². The number of benzene rings is 1. The molecular weight excluding hydrogens is 386 g/mol. The van der Waals surface area contributed by atoms with Gasteiger partial charge in [0.05, 0.1) is 35.2 Å². The second-order valence-corrected chi connectivity index (χ2v) is 9.34. The minimum absolute atomic E-state index is 0.510. The van der Waals surface area contributed by atoms with Crippen molar-refractivity contribution in [2.24, 2.45) is 11.7 Å². The Balaban J connectivity index is 1.32. The van der Waals surface area contributed by atoms with Gasteiger partial charge in [-0.15, -0.1) is 0 Å². The lowest BCUT2D eigenvalue weighted by Gasteiger charge is -2.39. The first-order chi connectivity index (χ1) is 15.1. The third-order valence-corrected chi connectivity index (χ3v) is 7.15. The lowest BCUT2D eigenvalue weighted by molar-refractivity contribution is 0.171. The van der Waals surface area contributed by atoms with Crippen molar-refractivity contribution in [3.8, 4) is 11.3 Å². The molecule has 0 spiro atoms. The maximum absolute atomic E-state index is 5.64. The van der Waals surface area contributed by atoms with Crippen molar-refractivity contribution < 1.29 is 0 Å². The van der Waals surface area contributed by atoms with Gasteiger partial charge in [0.25, 0.3) is 0 Å². The van der Waals surface area contributed by atoms with Crippen molar-refractivity contribution in [3.63, 3.8) is 0 Å². The summed E-state index contributed by atoms with van der Waals surface area (Å²) in [6.45, 7) is 6.24. The molecule has 2 N–H and O–H groups in total. The van der Waals surface area contributed by atoms with Crippen LogP contribution in [0.4, 0.5) is 5.69 Å². The number of likely N-dealkylation sites (N-methyl/N-ethyl adjacent to an activating group) is 1. The van der Waals surface area contributed by atoms with Crippen LogP contribution in [0, 0.1) is 5.92 Å². The van der Waals surface area contributed by atoms with E-state index in [2.05, 4.69) is 62.9 Å². The zero-order valence-corrected chi connectivity index (χ0v) is 18.6. The molecule has 1 aliphatic carbocycles. The lowest BCUT2D eigenvalue weighted by atomic mass is 9.77. The Morgan fingerprint density at radius 3 is 2.81 bits per heavy atom. The highest BCUT2D eigenvalue weighted by molar-refractivity contribution is 5.81. The fraction of sp³-hybridized carbons (Fsp3) is 0.542. The molecule has 3 aromatic rings. The third-order valence-electron chi connectivity index (χ3n) is 7.15. The molecule has 1 saturated carbocycles. The summed E-state index contributed by atoms with van der Waals surface area (Å²) in [5, 5.41) is 4.63. The monoisotopic (exact) mass is 419 g/mol. The predicted octanol–water partition coefficient (Wildman–Crippen LogP) is 3.32. The molecule has 1 saturated heterocycles. The molecule has 2 aliphatic rings. The van der Waals surface area contributed by atoms with E-state index >= 15 is 0 Å². The van der Waals surface area contributed by atoms with E-state index in [0.29, 0.717) is 12.1 Å². The van der Waals surface area contributed by atoms with Crippen molar-refractivity contribution in [2.75, 3.05) is 38.1 Å². The van der Waals surface area contributed by atoms with Crippen molar-refractivity contribution in [1.82, 2.24) is 24.6 Å². The number of aromatic nitrogens is 4. The van der Waals surface area contributed by atoms with E-state index < -0.39 is 0 Å². The van der Waals surface area contributed by atoms with E-state index in [1.807, 2.05) is 12.4 Å². The van der Waals surface area contributed by atoms with E-state index in [9.17, 15) is 0 Å². The number of rotatable bonds is 6. The fourth-order valence-electron chi connectivity index (χ4n) is 4.85. The Morgan fingerprint density at radius 1 is 1.13 bits per heavy atom. The average Bonchev–Trinajstić information content (AvgIpc) is 3.23. The number of anilines is 1. The highest BCUT2D eigenvalue weighted by atomic mass is 15.3. The molecule has 0 amide bonds. The largest absolute Gasteiger partial charge is 0.369 e. The third kappa shape index (κ3) is 4.16. The summed E-state index contributed by atoms with van der Waals surface area (Å²) in [4.78, 5) is 14.5. The molecule has 3 heterocycles. The van der Waals surface area contributed by atoms with Crippen LogP contribution >= 0.6 is 0 Å². The van der Waals surface area contributed by atoms with Crippen molar-refractivity contribution in [2.45, 2.75) is 44.7 Å². The number of nitrogens with zero attached hydrogens (tertiary/aromatic N) is 6. The molecule has 0 bridgehead atoms. The van der Waals surface area contributed by atoms with Gasteiger partial charge in [-0.2, -0.15) is 5.10 Å². The minimum atomic E-state index is 0.510. The molecule has 2 fully saturated rings. The van der Waals surface area contributed by atoms with Gasteiger partial charge < -0.3 is 15.5 Å². The molecule has 2 aromatic heterocycles. The molecule has 1 aromatic carbocycles. The van der Waals surface area contributed by atoms with E-state index in [0.717, 1.165) is 60.8 Å². The second-order valence-electron chi connectivity index (χ2n) is 9.34. The Morgan fingerprint density at radius 2 is 2.00 bits per heavy atom. The van der Waals surface area contributed by atoms with Gasteiger partial charge in [-0.3, -0.25) is 9.67 Å². The summed E-state index contributed by atoms with van der Waals surface area (Å²) < 4.78 is 2.11. The number of hydrogen-bond donors (Lipinski definition) is 1. The van der Waals surface area contributed by atoms with Gasteiger partial charge in [-0.1, -0.05) is 0 Å². The normalized spacial score (nSPS) is 24.5. The molecule has 0 radical (unpaired) electrons. The number of hydrogen-bond acceptors (Lipinski definition) is 6. The fourth-order valence-corrected chi connectivity index (χ4v) is 4.85. The van der Waals surface area contributed by atoms with Crippen LogP contribution in [-0.4, -0.2) is 63.9 Å². The minimum Gasteiger partial charge on any atom is -0.369 e. The first-order valence-electron chi connectivity index (χ1n) is 11.6. The number of fused-ring (bicyclic) bond motifs is 1. The van der Waals surface area contributed by atoms with Crippen LogP contribution in [0.5, 0.6) is 0 Å². The summed E-state index contributed by atoms with van der Waals surface area (Å²) in [5.74, 6) is 0.803. The summed E-state index contributed by atoms with van der Waals surface area (Å²) in [5.41, 5.74) is 10.7. The van der Waals surface area contributed by atoms with Crippen molar-refractivity contribution in [3.05, 3.63) is 36.8 Å². The molecule has 31 heavy (non-hydrogen) atoms. The Hall–Kier alpha value is -2.51. The van der Waals surface area contributed by atoms with Crippen molar-refractivity contribution >= 4 is 16.7 Å². The first-order valence-corrected chi connectivity index (χ1v) is 11.6. The first kappa shape index (κ1) is 20.4. The second kappa shape index (κ2) is 8.55. The van der Waals surface area contributed by atoms with E-state index in [1.165, 1.54) is 24.9 Å². The SMILES string of the molecule is C[C@H]1CN(c2ccc3ncc(-c4cnn(C5CC(CCCN)C5)c4)nc3c2)CCN1C. The Kier molecular flexibility index (Phi) is 5.63. The van der Waals surface area contributed by atoms with Crippen LogP contribution in [0.1, 0.15) is 38.6 Å². The Bertz CT molecular complexity index is 1040. The summed E-state index contributed by atoms with van der Waals surface area (Å²) in [6, 6.07) is 7.50. The molecule has 0 unspecified atom stereocenters. The van der Waals surface area contributed by atoms with Crippen LogP contribution in [0.25, 0.3) is 22.3 Å². The van der Waals surface area contributed by atoms with Crippen LogP contribution in [-0.2, 0) is 0 Å². The molecule has 5 rings (SSSR count). The molecule has 1 aliphatic heterocycles. The van der Waals surface area contributed by atoms with Gasteiger partial charge in [-0.05, 0) is 70.3 Å². The smallest absolute Gasteiger partial charge is 0.0924 e. The zero-order chi connectivity index (χ0) is 21.4. The predicted molar refractivity (Wildman–Crippen MR) is 125 cm³/mol. The molecule has 164 valence electrons. The maximum Gasteiger partial charge on any atom is 0.0924 e. The van der Waals surface area contributed by atoms with Gasteiger partial charge in [-0.25, -0.2) is 4.98 Å². The highest BCUT2D eigenvalue weighted by Crippen LogP contribution is 2.40. The van der Waals surface area contributed by atoms with Crippen LogP contribution in [0.15, 0.2) is 36.8 Å². The van der Waals surface area contributed by atoms with Gasteiger partial charge in [0.15, 0.2) is 0 Å². The average molecular weight is 420 g/mol. The summed E-state index contributed by atoms with van der Waals surface area (Å²) in [6.07, 6.45) is 10.7. The number of nitrogens with two attached hydrogens (primary N) is 1. The van der Waals surface area contributed by atoms with Crippen LogP contribution in [0.2, 0.25) is 0 Å². The van der Waals surface area contributed by atoms with E-state index in [4.69, 9.17) is 10.7 Å². The van der Waals surface area contributed by atoms with E-state index in [-0.39, 0.29) is 0 Å². The lowest BCUT2D eigenvalue weighted by Crippen LogP contribution is -2.50. The maximum atomic E-state index is 5.64. The van der Waals surface area contributed by atoms with Crippen LogP contribution < -0.4 is 10.6 Å². The highest BCUT2D eigenvalue weighted by Gasteiger charge is 2.30. The van der Waals surface area contributed by atoms with Gasteiger partial charge in [0.1, 0.15) is 0 Å². The number of piperazine rings is 1. The van der Waals surface area contributed by atoms with Gasteiger partial charge >= 0.3 is 0 Å². The summed E-state index contributed by atoms with van der Waals surface area (Å²) >= 11 is 0. The van der Waals surface area contributed by atoms with Crippen molar-refractivity contribution in [1.29, 1.82) is 0 Å². The van der Waals surface area contributed by atoms with Crippen LogP contribution in [0.3, 0.4) is 0 Å². The molecule has 7 heteroatoms. The molecular formula is C24H33N7. The standard InChI is InChI=1S/C24H33N7/c1-17-15-30(9-8-29(17)2)20-5-6-22-23(12-20)28-24(14-26-22)19-13-27-31(16-19)21-10-18(11-21)4-3-7-25/h5-6,12-14,16-18,21H,3-4,7-11,15,25H2,1-2H3/t17-,18?,21?/m0/s1. The molecule has 7 nitrogen and oxygen atoms in total. The zero-order valence-electron chi connectivity index (χ0n) is 18.6. The topological polar surface area (TPSA) is 76.1 Å². The quantitative estimate of drug-likeness (QED) is 0.661. The van der Waals surface area contributed by atoms with Gasteiger partial charge in [0.2, 0.25) is 0 Å². The Labute approximate surface area is 184 Å².